The van der Waals surface area contributed by atoms with Crippen molar-refractivity contribution in [3.05, 3.63) is 56.2 Å². The summed E-state index contributed by atoms with van der Waals surface area (Å²) in [6, 6.07) is 6.47. The molecular formula is C29H43N3O5. The third kappa shape index (κ3) is 10.0. The van der Waals surface area contributed by atoms with Gasteiger partial charge in [-0.05, 0) is 30.7 Å². The molecule has 8 heteroatoms. The van der Waals surface area contributed by atoms with E-state index in [0.717, 1.165) is 22.0 Å². The van der Waals surface area contributed by atoms with Gasteiger partial charge in [-0.2, -0.15) is 0 Å². The zero-order chi connectivity index (χ0) is 27.0. The van der Waals surface area contributed by atoms with E-state index in [-0.39, 0.29) is 11.5 Å². The van der Waals surface area contributed by atoms with Gasteiger partial charge in [0, 0.05) is 20.3 Å². The summed E-state index contributed by atoms with van der Waals surface area (Å²) >= 11 is 0. The predicted octanol–water partition coefficient (Wildman–Crippen LogP) is 5.79. The van der Waals surface area contributed by atoms with Gasteiger partial charge in [-0.25, -0.2) is 9.59 Å². The van der Waals surface area contributed by atoms with Crippen molar-refractivity contribution in [3.8, 4) is 5.88 Å². The Morgan fingerprint density at radius 2 is 1.35 bits per heavy atom. The van der Waals surface area contributed by atoms with E-state index >= 15 is 0 Å². The lowest BCUT2D eigenvalue weighted by Gasteiger charge is -2.07. The van der Waals surface area contributed by atoms with Crippen molar-refractivity contribution in [2.45, 2.75) is 90.4 Å². The Kier molecular flexibility index (Phi) is 13.5. The number of carbonyl (C=O) groups is 1. The third-order valence-corrected chi connectivity index (χ3v) is 6.59. The highest BCUT2D eigenvalue weighted by atomic mass is 16.5. The predicted molar refractivity (Wildman–Crippen MR) is 148 cm³/mol. The number of aromatic hydroxyl groups is 1. The summed E-state index contributed by atoms with van der Waals surface area (Å²) in [5.74, 6) is -0.829. The molecule has 1 N–H and O–H groups in total. The van der Waals surface area contributed by atoms with E-state index in [1.807, 2.05) is 0 Å². The van der Waals surface area contributed by atoms with Gasteiger partial charge in [0.15, 0.2) is 0 Å². The van der Waals surface area contributed by atoms with Crippen LogP contribution >= 0.6 is 0 Å². The minimum absolute atomic E-state index is 0.0918. The first-order valence-corrected chi connectivity index (χ1v) is 13.7. The Morgan fingerprint density at radius 3 is 1.89 bits per heavy atom. The van der Waals surface area contributed by atoms with Crippen LogP contribution < -0.4 is 11.2 Å². The summed E-state index contributed by atoms with van der Waals surface area (Å²) in [6.45, 7) is 2.66. The van der Waals surface area contributed by atoms with Crippen molar-refractivity contribution in [3.63, 3.8) is 0 Å². The van der Waals surface area contributed by atoms with Crippen LogP contribution in [0.4, 0.5) is 5.69 Å². The first kappa shape index (κ1) is 30.1. The van der Waals surface area contributed by atoms with Crippen LogP contribution in [0.3, 0.4) is 0 Å². The zero-order valence-corrected chi connectivity index (χ0v) is 22.7. The maximum absolute atomic E-state index is 12.3. The quantitative estimate of drug-likeness (QED) is 0.164. The number of aliphatic imine (C=N–C) groups is 1. The van der Waals surface area contributed by atoms with Gasteiger partial charge < -0.3 is 9.84 Å². The SMILES string of the molecule is CCCCCCCCCCCCCCCOC(=O)c1ccc(N=Cc2c(O)n(C)c(=O)n(C)c2=O)cc1. The number of carbonyl (C=O) groups excluding carboxylic acids is 1. The van der Waals surface area contributed by atoms with E-state index < -0.39 is 17.1 Å². The van der Waals surface area contributed by atoms with Gasteiger partial charge in [0.2, 0.25) is 5.88 Å². The Hall–Kier alpha value is -3.16. The van der Waals surface area contributed by atoms with E-state index in [2.05, 4.69) is 11.9 Å². The monoisotopic (exact) mass is 513 g/mol. The minimum Gasteiger partial charge on any atom is -0.494 e. The van der Waals surface area contributed by atoms with Crippen LogP contribution in [-0.2, 0) is 18.8 Å². The van der Waals surface area contributed by atoms with Crippen LogP contribution in [0.15, 0.2) is 38.8 Å². The maximum atomic E-state index is 12.3. The molecule has 0 fully saturated rings. The molecule has 1 aromatic carbocycles. The number of ether oxygens (including phenoxy) is 1. The highest BCUT2D eigenvalue weighted by molar-refractivity contribution is 5.90. The van der Waals surface area contributed by atoms with E-state index in [1.54, 1.807) is 24.3 Å². The van der Waals surface area contributed by atoms with Gasteiger partial charge in [0.25, 0.3) is 5.56 Å². The molecule has 0 aliphatic rings. The Balaban J connectivity index is 1.65. The van der Waals surface area contributed by atoms with Gasteiger partial charge in [0.05, 0.1) is 17.9 Å². The number of rotatable bonds is 17. The van der Waals surface area contributed by atoms with Gasteiger partial charge in [-0.15, -0.1) is 0 Å². The minimum atomic E-state index is -0.641. The molecule has 0 amide bonds. The first-order valence-electron chi connectivity index (χ1n) is 13.7. The highest BCUT2D eigenvalue weighted by Crippen LogP contribution is 2.16. The molecule has 0 saturated heterocycles. The molecular weight excluding hydrogens is 470 g/mol. The Morgan fingerprint density at radius 1 is 0.838 bits per heavy atom. The van der Waals surface area contributed by atoms with Crippen molar-refractivity contribution in [2.75, 3.05) is 6.61 Å². The lowest BCUT2D eigenvalue weighted by molar-refractivity contribution is 0.0497. The molecule has 2 rings (SSSR count). The highest BCUT2D eigenvalue weighted by Gasteiger charge is 2.13. The lowest BCUT2D eigenvalue weighted by Crippen LogP contribution is -2.38. The number of hydrogen-bond donors (Lipinski definition) is 1. The lowest BCUT2D eigenvalue weighted by atomic mass is 10.0. The summed E-state index contributed by atoms with van der Waals surface area (Å²) in [5.41, 5.74) is -0.442. The van der Waals surface area contributed by atoms with Gasteiger partial charge in [0.1, 0.15) is 5.56 Å². The van der Waals surface area contributed by atoms with Crippen molar-refractivity contribution < 1.29 is 14.6 Å². The number of aromatic nitrogens is 2. The molecule has 37 heavy (non-hydrogen) atoms. The number of benzene rings is 1. The van der Waals surface area contributed by atoms with E-state index in [0.29, 0.717) is 17.9 Å². The summed E-state index contributed by atoms with van der Waals surface area (Å²) < 4.78 is 7.25. The van der Waals surface area contributed by atoms with Crippen LogP contribution in [-0.4, -0.2) is 33.0 Å². The fraction of sp³-hybridized carbons (Fsp3) is 0.586. The molecule has 0 atom stereocenters. The van der Waals surface area contributed by atoms with Crippen molar-refractivity contribution >= 4 is 17.9 Å². The molecule has 8 nitrogen and oxygen atoms in total. The van der Waals surface area contributed by atoms with Crippen LogP contribution in [0.25, 0.3) is 0 Å². The topological polar surface area (TPSA) is 103 Å². The van der Waals surface area contributed by atoms with Gasteiger partial charge in [-0.1, -0.05) is 84.0 Å². The summed E-state index contributed by atoms with van der Waals surface area (Å²) in [5, 5.41) is 10.1. The van der Waals surface area contributed by atoms with Gasteiger partial charge in [-0.3, -0.25) is 18.9 Å². The molecule has 0 saturated carbocycles. The van der Waals surface area contributed by atoms with Crippen LogP contribution in [0.1, 0.15) is 106 Å². The van der Waals surface area contributed by atoms with Crippen molar-refractivity contribution in [2.24, 2.45) is 19.1 Å². The molecule has 2 aromatic rings. The fourth-order valence-corrected chi connectivity index (χ4v) is 4.16. The number of hydrogen-bond acceptors (Lipinski definition) is 6. The Bertz CT molecular complexity index is 1120. The summed E-state index contributed by atoms with van der Waals surface area (Å²) in [4.78, 5) is 40.5. The third-order valence-electron chi connectivity index (χ3n) is 6.59. The summed E-state index contributed by atoms with van der Waals surface area (Å²) in [6.07, 6.45) is 17.7. The molecule has 204 valence electrons. The molecule has 0 unspecified atom stereocenters. The van der Waals surface area contributed by atoms with Crippen molar-refractivity contribution in [1.29, 1.82) is 0 Å². The van der Waals surface area contributed by atoms with E-state index in [1.165, 1.54) is 90.9 Å². The normalized spacial score (nSPS) is 11.3. The molecule has 0 bridgehead atoms. The number of unbranched alkanes of at least 4 members (excludes halogenated alkanes) is 12. The molecule has 0 spiro atoms. The smallest absolute Gasteiger partial charge is 0.338 e. The van der Waals surface area contributed by atoms with Gasteiger partial charge >= 0.3 is 11.7 Å². The van der Waals surface area contributed by atoms with Crippen LogP contribution in [0, 0.1) is 0 Å². The largest absolute Gasteiger partial charge is 0.494 e. The van der Waals surface area contributed by atoms with Crippen LogP contribution in [0.5, 0.6) is 5.88 Å². The zero-order valence-electron chi connectivity index (χ0n) is 22.7. The molecule has 0 aliphatic heterocycles. The number of esters is 1. The molecule has 0 radical (unpaired) electrons. The average Bonchev–Trinajstić information content (AvgIpc) is 2.91. The van der Waals surface area contributed by atoms with Crippen molar-refractivity contribution in [1.82, 2.24) is 9.13 Å². The standard InChI is InChI=1S/C29H43N3O5/c1-4-5-6-7-8-9-10-11-12-13-14-15-16-21-37-28(35)23-17-19-24(20-18-23)30-22-25-26(33)31(2)29(36)32(3)27(25)34/h17-20,22,33H,4-16,21H2,1-3H3. The maximum Gasteiger partial charge on any atom is 0.338 e. The molecule has 0 aliphatic carbocycles. The second-order valence-corrected chi connectivity index (χ2v) is 9.63. The molecule has 1 heterocycles. The fourth-order valence-electron chi connectivity index (χ4n) is 4.16. The second kappa shape index (κ2) is 16.6. The van der Waals surface area contributed by atoms with Crippen LogP contribution in [0.2, 0.25) is 0 Å². The average molecular weight is 514 g/mol. The second-order valence-electron chi connectivity index (χ2n) is 9.63. The van der Waals surface area contributed by atoms with E-state index in [4.69, 9.17) is 4.74 Å². The Labute approximate surface area is 220 Å². The first-order chi connectivity index (χ1) is 17.9. The molecule has 1 aromatic heterocycles. The summed E-state index contributed by atoms with van der Waals surface area (Å²) in [7, 11) is 2.70. The number of nitrogens with zero attached hydrogens (tertiary/aromatic N) is 3. The van der Waals surface area contributed by atoms with E-state index in [9.17, 15) is 19.5 Å².